The minimum absolute atomic E-state index is 0.352. The van der Waals surface area contributed by atoms with Crippen LogP contribution in [0.25, 0.3) is 10.1 Å². The van der Waals surface area contributed by atoms with Gasteiger partial charge < -0.3 is 14.9 Å². The Hall–Kier alpha value is -1.85. The fourth-order valence-electron chi connectivity index (χ4n) is 3.08. The Bertz CT molecular complexity index is 806. The molecule has 0 unspecified atom stereocenters. The highest BCUT2D eigenvalue weighted by atomic mass is 32.1. The maximum Gasteiger partial charge on any atom is 0.140 e. The molecule has 114 valence electrons. The van der Waals surface area contributed by atoms with Crippen LogP contribution in [0.2, 0.25) is 0 Å². The van der Waals surface area contributed by atoms with E-state index in [1.54, 1.807) is 17.4 Å². The summed E-state index contributed by atoms with van der Waals surface area (Å²) in [6.45, 7) is 1.51. The molecule has 5 heteroatoms. The topological polar surface area (TPSA) is 58.3 Å². The summed E-state index contributed by atoms with van der Waals surface area (Å²) in [4.78, 5) is 1.22. The molecule has 0 radical (unpaired) electrons. The first-order valence-corrected chi connectivity index (χ1v) is 8.50. The van der Waals surface area contributed by atoms with Crippen LogP contribution in [0.4, 0.5) is 0 Å². The second-order valence-corrected chi connectivity index (χ2v) is 6.91. The van der Waals surface area contributed by atoms with Crippen molar-refractivity contribution >= 4 is 21.4 Å². The lowest BCUT2D eigenvalue weighted by Gasteiger charge is -2.09. The van der Waals surface area contributed by atoms with Crippen LogP contribution in [0.5, 0.6) is 5.75 Å². The molecular formula is C17H18N2O2S. The van der Waals surface area contributed by atoms with Crippen molar-refractivity contribution < 1.29 is 9.63 Å². The van der Waals surface area contributed by atoms with Crippen molar-refractivity contribution in [1.29, 1.82) is 0 Å². The molecule has 0 saturated carbocycles. The van der Waals surface area contributed by atoms with Crippen molar-refractivity contribution in [3.8, 4) is 5.75 Å². The van der Waals surface area contributed by atoms with E-state index in [9.17, 15) is 5.11 Å². The van der Waals surface area contributed by atoms with Gasteiger partial charge in [-0.1, -0.05) is 11.2 Å². The van der Waals surface area contributed by atoms with Gasteiger partial charge >= 0.3 is 0 Å². The van der Waals surface area contributed by atoms with Crippen LogP contribution in [0.15, 0.2) is 28.8 Å². The first kappa shape index (κ1) is 13.8. The van der Waals surface area contributed by atoms with E-state index in [2.05, 4.69) is 16.5 Å². The molecule has 0 spiro atoms. The van der Waals surface area contributed by atoms with E-state index >= 15 is 0 Å². The summed E-state index contributed by atoms with van der Waals surface area (Å²) in [6.07, 6.45) is 4.56. The van der Waals surface area contributed by atoms with Crippen molar-refractivity contribution in [3.05, 3.63) is 46.2 Å². The number of fused-ring (bicyclic) bond motifs is 2. The van der Waals surface area contributed by atoms with Gasteiger partial charge in [0.15, 0.2) is 0 Å². The minimum Gasteiger partial charge on any atom is -0.507 e. The van der Waals surface area contributed by atoms with Gasteiger partial charge in [0.1, 0.15) is 17.2 Å². The Balaban J connectivity index is 1.44. The van der Waals surface area contributed by atoms with Crippen LogP contribution in [-0.2, 0) is 25.9 Å². The van der Waals surface area contributed by atoms with Crippen LogP contribution < -0.4 is 5.32 Å². The van der Waals surface area contributed by atoms with Crippen LogP contribution >= 0.6 is 11.3 Å². The number of nitrogens with one attached hydrogen (secondary N) is 1. The predicted octanol–water partition coefficient (Wildman–Crippen LogP) is 3.76. The summed E-state index contributed by atoms with van der Waals surface area (Å²) in [7, 11) is 0. The van der Waals surface area contributed by atoms with Crippen molar-refractivity contribution in [3.63, 3.8) is 0 Å². The Labute approximate surface area is 132 Å². The zero-order valence-corrected chi connectivity index (χ0v) is 13.1. The molecule has 4 rings (SSSR count). The van der Waals surface area contributed by atoms with Crippen LogP contribution in [0.1, 0.15) is 34.7 Å². The first-order valence-electron chi connectivity index (χ1n) is 7.68. The molecule has 4 nitrogen and oxygen atoms in total. The zero-order chi connectivity index (χ0) is 14.9. The third kappa shape index (κ3) is 2.51. The van der Waals surface area contributed by atoms with Gasteiger partial charge in [-0.15, -0.1) is 11.3 Å². The molecule has 3 aromatic rings. The number of hydrogen-bond acceptors (Lipinski definition) is 5. The van der Waals surface area contributed by atoms with Crippen LogP contribution in [0, 0.1) is 0 Å². The number of benzene rings is 1. The Kier molecular flexibility index (Phi) is 3.60. The Morgan fingerprint density at radius 2 is 2.14 bits per heavy atom. The molecule has 2 heterocycles. The number of hydrogen-bond donors (Lipinski definition) is 2. The fourth-order valence-corrected chi connectivity index (χ4v) is 4.13. The van der Waals surface area contributed by atoms with Gasteiger partial charge in [-0.05, 0) is 37.5 Å². The molecule has 1 aliphatic carbocycles. The molecule has 2 N–H and O–H groups in total. The smallest absolute Gasteiger partial charge is 0.140 e. The van der Waals surface area contributed by atoms with Gasteiger partial charge in [0, 0.05) is 40.0 Å². The highest BCUT2D eigenvalue weighted by Crippen LogP contribution is 2.32. The second kappa shape index (κ2) is 5.74. The van der Waals surface area contributed by atoms with Gasteiger partial charge in [0.25, 0.3) is 0 Å². The normalized spacial score (nSPS) is 14.4. The van der Waals surface area contributed by atoms with Gasteiger partial charge in [0.05, 0.1) is 0 Å². The third-order valence-electron chi connectivity index (χ3n) is 4.21. The number of nitrogens with zero attached hydrogens (tertiary/aromatic N) is 1. The van der Waals surface area contributed by atoms with E-state index in [0.717, 1.165) is 47.5 Å². The Morgan fingerprint density at radius 3 is 3.05 bits per heavy atom. The van der Waals surface area contributed by atoms with Crippen LogP contribution in [0.3, 0.4) is 0 Å². The van der Waals surface area contributed by atoms with E-state index in [-0.39, 0.29) is 0 Å². The molecule has 0 amide bonds. The highest BCUT2D eigenvalue weighted by Gasteiger charge is 2.18. The monoisotopic (exact) mass is 314 g/mol. The molecule has 2 aromatic heterocycles. The lowest BCUT2D eigenvalue weighted by molar-refractivity contribution is 0.366. The molecule has 0 fully saturated rings. The van der Waals surface area contributed by atoms with E-state index in [0.29, 0.717) is 5.75 Å². The molecule has 0 atom stereocenters. The number of aromatic hydroxyl groups is 1. The quantitative estimate of drug-likeness (QED) is 0.770. The third-order valence-corrected chi connectivity index (χ3v) is 5.31. The van der Waals surface area contributed by atoms with Crippen LogP contribution in [-0.4, -0.2) is 10.3 Å². The van der Waals surface area contributed by atoms with Crippen molar-refractivity contribution in [2.24, 2.45) is 0 Å². The van der Waals surface area contributed by atoms with Gasteiger partial charge in [-0.25, -0.2) is 0 Å². The number of phenolic OH excluding ortho intramolecular Hbond substituents is 1. The van der Waals surface area contributed by atoms with Gasteiger partial charge in [0.2, 0.25) is 0 Å². The standard InChI is InChI=1S/C17H18N2O2S/c20-15-5-3-7-17-13(15)8-11(22-17)9-18-10-14-12-4-1-2-6-16(12)21-19-14/h3,5,7-8,18,20H,1-2,4,6,9-10H2. The summed E-state index contributed by atoms with van der Waals surface area (Å²) in [5.74, 6) is 1.43. The number of rotatable bonds is 4. The summed E-state index contributed by atoms with van der Waals surface area (Å²) in [5, 5.41) is 18.4. The second-order valence-electron chi connectivity index (χ2n) is 5.74. The number of phenols is 1. The number of aromatic nitrogens is 1. The molecule has 1 aliphatic rings. The van der Waals surface area contributed by atoms with Crippen molar-refractivity contribution in [2.75, 3.05) is 0 Å². The van der Waals surface area contributed by atoms with E-state index in [4.69, 9.17) is 4.52 Å². The number of thiophene rings is 1. The van der Waals surface area contributed by atoms with Gasteiger partial charge in [-0.3, -0.25) is 0 Å². The minimum atomic E-state index is 0.352. The SMILES string of the molecule is Oc1cccc2sc(CNCc3noc4c3CCCC4)cc12. The summed E-state index contributed by atoms with van der Waals surface area (Å²) < 4.78 is 6.55. The average Bonchev–Trinajstić information content (AvgIpc) is 3.13. The number of aryl methyl sites for hydroxylation is 1. The molecule has 22 heavy (non-hydrogen) atoms. The van der Waals surface area contributed by atoms with E-state index in [1.165, 1.54) is 23.3 Å². The summed E-state index contributed by atoms with van der Waals surface area (Å²) in [5.41, 5.74) is 2.37. The Morgan fingerprint density at radius 1 is 1.23 bits per heavy atom. The average molecular weight is 314 g/mol. The summed E-state index contributed by atoms with van der Waals surface area (Å²) in [6, 6.07) is 7.71. The largest absolute Gasteiger partial charge is 0.507 e. The lowest BCUT2D eigenvalue weighted by atomic mass is 9.96. The maximum atomic E-state index is 9.86. The molecule has 0 aliphatic heterocycles. The van der Waals surface area contributed by atoms with E-state index in [1.807, 2.05) is 12.1 Å². The molecular weight excluding hydrogens is 296 g/mol. The highest BCUT2D eigenvalue weighted by molar-refractivity contribution is 7.19. The maximum absolute atomic E-state index is 9.86. The molecule has 0 bridgehead atoms. The van der Waals surface area contributed by atoms with E-state index < -0.39 is 0 Å². The van der Waals surface area contributed by atoms with Crippen molar-refractivity contribution in [1.82, 2.24) is 10.5 Å². The lowest BCUT2D eigenvalue weighted by Crippen LogP contribution is -2.14. The predicted molar refractivity (Wildman–Crippen MR) is 87.2 cm³/mol. The summed E-state index contributed by atoms with van der Waals surface area (Å²) >= 11 is 1.71. The fraction of sp³-hybridized carbons (Fsp3) is 0.353. The molecule has 1 aromatic carbocycles. The zero-order valence-electron chi connectivity index (χ0n) is 12.3. The molecule has 0 saturated heterocycles. The van der Waals surface area contributed by atoms with Gasteiger partial charge in [-0.2, -0.15) is 0 Å². The first-order chi connectivity index (χ1) is 10.8. The van der Waals surface area contributed by atoms with Crippen molar-refractivity contribution in [2.45, 2.75) is 38.8 Å².